The summed E-state index contributed by atoms with van der Waals surface area (Å²) in [5.41, 5.74) is 7.89. The molecular formula is C32H37. The van der Waals surface area contributed by atoms with Crippen molar-refractivity contribution in [2.45, 2.75) is 71.6 Å². The molecule has 165 valence electrons. The Hall–Kier alpha value is -2.78. The van der Waals surface area contributed by atoms with Crippen LogP contribution in [0.15, 0.2) is 72.8 Å². The van der Waals surface area contributed by atoms with Crippen LogP contribution in [-0.2, 0) is 0 Å². The zero-order chi connectivity index (χ0) is 22.4. The Labute approximate surface area is 196 Å². The second-order valence-corrected chi connectivity index (χ2v) is 8.77. The molecule has 3 aromatic rings. The van der Waals surface area contributed by atoms with Crippen LogP contribution >= 0.6 is 0 Å². The van der Waals surface area contributed by atoms with Crippen molar-refractivity contribution < 1.29 is 0 Å². The van der Waals surface area contributed by atoms with Gasteiger partial charge in [0.1, 0.15) is 0 Å². The third kappa shape index (κ3) is 8.05. The molecule has 0 saturated carbocycles. The molecule has 0 heterocycles. The van der Waals surface area contributed by atoms with E-state index in [9.17, 15) is 0 Å². The van der Waals surface area contributed by atoms with Crippen LogP contribution < -0.4 is 0 Å². The molecule has 1 radical (unpaired) electrons. The van der Waals surface area contributed by atoms with E-state index in [2.05, 4.69) is 86.7 Å². The number of benzene rings is 3. The van der Waals surface area contributed by atoms with Crippen molar-refractivity contribution in [3.05, 3.63) is 101 Å². The van der Waals surface area contributed by atoms with Crippen molar-refractivity contribution in [1.82, 2.24) is 0 Å². The molecular weight excluding hydrogens is 384 g/mol. The Morgan fingerprint density at radius 1 is 0.625 bits per heavy atom. The maximum Gasteiger partial charge on any atom is 0.0245 e. The first-order valence-electron chi connectivity index (χ1n) is 12.3. The lowest BCUT2D eigenvalue weighted by Gasteiger charge is -2.11. The van der Waals surface area contributed by atoms with E-state index in [0.717, 1.165) is 12.0 Å². The van der Waals surface area contributed by atoms with Gasteiger partial charge in [-0.2, -0.15) is 0 Å². The Morgan fingerprint density at radius 3 is 2.03 bits per heavy atom. The van der Waals surface area contributed by atoms with Crippen LogP contribution in [0, 0.1) is 32.1 Å². The average molecular weight is 422 g/mol. The number of unbranched alkanes of at least 4 members (excludes halogenated alkanes) is 8. The molecule has 0 heteroatoms. The van der Waals surface area contributed by atoms with Gasteiger partial charge in [0, 0.05) is 12.0 Å². The molecule has 0 atom stereocenters. The molecule has 0 nitrogen and oxygen atoms in total. The van der Waals surface area contributed by atoms with Gasteiger partial charge < -0.3 is 0 Å². The van der Waals surface area contributed by atoms with Gasteiger partial charge in [-0.25, -0.2) is 0 Å². The fraction of sp³-hybridized carbons (Fsp3) is 0.344. The van der Waals surface area contributed by atoms with Gasteiger partial charge in [-0.15, -0.1) is 0 Å². The minimum Gasteiger partial charge on any atom is -0.0979 e. The van der Waals surface area contributed by atoms with Crippen molar-refractivity contribution in [3.63, 3.8) is 0 Å². The van der Waals surface area contributed by atoms with Gasteiger partial charge >= 0.3 is 0 Å². The highest BCUT2D eigenvalue weighted by molar-refractivity contribution is 5.70. The molecule has 0 fully saturated rings. The van der Waals surface area contributed by atoms with Crippen LogP contribution in [0.4, 0.5) is 0 Å². The number of aryl methyl sites for hydroxylation is 2. The highest BCUT2D eigenvalue weighted by Crippen LogP contribution is 2.28. The van der Waals surface area contributed by atoms with Gasteiger partial charge in [0.25, 0.3) is 0 Å². The van der Waals surface area contributed by atoms with E-state index in [4.69, 9.17) is 0 Å². The van der Waals surface area contributed by atoms with Crippen LogP contribution in [-0.4, -0.2) is 0 Å². The molecule has 0 aromatic heterocycles. The minimum absolute atomic E-state index is 1.02. The first-order valence-corrected chi connectivity index (χ1v) is 12.3. The van der Waals surface area contributed by atoms with E-state index in [1.54, 1.807) is 0 Å². The minimum atomic E-state index is 1.02. The van der Waals surface area contributed by atoms with Gasteiger partial charge in [-0.1, -0.05) is 111 Å². The average Bonchev–Trinajstić information content (AvgIpc) is 2.81. The van der Waals surface area contributed by atoms with Gasteiger partial charge in [0.15, 0.2) is 0 Å². The summed E-state index contributed by atoms with van der Waals surface area (Å²) in [5, 5.41) is 0. The maximum atomic E-state index is 3.30. The molecule has 0 aliphatic rings. The van der Waals surface area contributed by atoms with Crippen LogP contribution in [0.5, 0.6) is 0 Å². The summed E-state index contributed by atoms with van der Waals surface area (Å²) in [6.45, 7) is 4.42. The fourth-order valence-electron chi connectivity index (χ4n) is 4.19. The summed E-state index contributed by atoms with van der Waals surface area (Å²) in [6, 6.07) is 25.8. The summed E-state index contributed by atoms with van der Waals surface area (Å²) >= 11 is 0. The molecule has 3 rings (SSSR count). The molecule has 0 N–H and O–H groups in total. The Balaban J connectivity index is 1.24. The quantitative estimate of drug-likeness (QED) is 0.214. The molecule has 3 aromatic carbocycles. The summed E-state index contributed by atoms with van der Waals surface area (Å²) in [4.78, 5) is 0. The van der Waals surface area contributed by atoms with Crippen molar-refractivity contribution in [3.8, 4) is 23.0 Å². The van der Waals surface area contributed by atoms with E-state index in [1.165, 1.54) is 79.2 Å². The Kier molecular flexibility index (Phi) is 10.1. The standard InChI is InChI=1S/C32H37/c1-27-18-16-17-23-31(27)32-25-24-30(26-28(32)2)22-13-10-8-6-4-3-5-7-9-12-19-29-20-14-11-15-21-29/h11,14-18,20-26H,3-10,13H2,1-2H3. The predicted octanol–water partition coefficient (Wildman–Crippen LogP) is 9.09. The lowest BCUT2D eigenvalue weighted by molar-refractivity contribution is 0.582. The lowest BCUT2D eigenvalue weighted by Crippen LogP contribution is -1.90. The monoisotopic (exact) mass is 421 g/mol. The van der Waals surface area contributed by atoms with E-state index < -0.39 is 0 Å². The second kappa shape index (κ2) is 13.6. The fourth-order valence-corrected chi connectivity index (χ4v) is 4.19. The molecule has 0 unspecified atom stereocenters. The van der Waals surface area contributed by atoms with E-state index in [1.807, 2.05) is 18.2 Å². The van der Waals surface area contributed by atoms with Crippen LogP contribution in [0.3, 0.4) is 0 Å². The molecule has 0 aliphatic heterocycles. The third-order valence-electron chi connectivity index (χ3n) is 6.08. The largest absolute Gasteiger partial charge is 0.0979 e. The highest BCUT2D eigenvalue weighted by Gasteiger charge is 2.05. The molecule has 0 aliphatic carbocycles. The first-order chi connectivity index (χ1) is 15.7. The van der Waals surface area contributed by atoms with Gasteiger partial charge in [-0.3, -0.25) is 0 Å². The number of rotatable bonds is 11. The molecule has 0 saturated heterocycles. The van der Waals surface area contributed by atoms with Crippen LogP contribution in [0.1, 0.15) is 80.0 Å². The second-order valence-electron chi connectivity index (χ2n) is 8.77. The molecule has 0 bridgehead atoms. The zero-order valence-corrected chi connectivity index (χ0v) is 19.9. The summed E-state index contributed by atoms with van der Waals surface area (Å²) in [7, 11) is 0. The number of hydrogen-bond acceptors (Lipinski definition) is 0. The summed E-state index contributed by atoms with van der Waals surface area (Å²) in [6.07, 6.45) is 13.8. The van der Waals surface area contributed by atoms with Crippen LogP contribution in [0.2, 0.25) is 0 Å². The summed E-state index contributed by atoms with van der Waals surface area (Å²) < 4.78 is 0. The van der Waals surface area contributed by atoms with Gasteiger partial charge in [0.05, 0.1) is 0 Å². The summed E-state index contributed by atoms with van der Waals surface area (Å²) in [5.74, 6) is 6.55. The lowest BCUT2D eigenvalue weighted by atomic mass is 9.94. The number of hydrogen-bond donors (Lipinski definition) is 0. The predicted molar refractivity (Wildman–Crippen MR) is 140 cm³/mol. The normalized spacial score (nSPS) is 10.6. The molecule has 0 spiro atoms. The molecule has 0 amide bonds. The van der Waals surface area contributed by atoms with Crippen molar-refractivity contribution in [1.29, 1.82) is 0 Å². The Morgan fingerprint density at radius 2 is 1.28 bits per heavy atom. The third-order valence-corrected chi connectivity index (χ3v) is 6.08. The topological polar surface area (TPSA) is 0 Å². The SMILES string of the molecule is Cc1ccccc1-c1ccc([CH]CCCCCCCCCC#Cc2ccccc2)cc1C. The first kappa shape index (κ1) is 23.9. The van der Waals surface area contributed by atoms with Gasteiger partial charge in [0.2, 0.25) is 0 Å². The van der Waals surface area contributed by atoms with Crippen molar-refractivity contribution in [2.24, 2.45) is 0 Å². The maximum absolute atomic E-state index is 3.30. The van der Waals surface area contributed by atoms with E-state index in [0.29, 0.717) is 0 Å². The molecule has 32 heavy (non-hydrogen) atoms. The van der Waals surface area contributed by atoms with Crippen molar-refractivity contribution in [2.75, 3.05) is 0 Å². The Bertz CT molecular complexity index is 1000. The van der Waals surface area contributed by atoms with E-state index in [-0.39, 0.29) is 0 Å². The van der Waals surface area contributed by atoms with Gasteiger partial charge in [-0.05, 0) is 73.1 Å². The zero-order valence-electron chi connectivity index (χ0n) is 19.9. The van der Waals surface area contributed by atoms with Crippen molar-refractivity contribution >= 4 is 0 Å². The highest BCUT2D eigenvalue weighted by atomic mass is 14.1. The van der Waals surface area contributed by atoms with Crippen LogP contribution in [0.25, 0.3) is 11.1 Å². The smallest absolute Gasteiger partial charge is 0.0245 e. The van der Waals surface area contributed by atoms with E-state index >= 15 is 0 Å².